The number of benzene rings is 4. The Bertz CT molecular complexity index is 5330. The lowest BCUT2D eigenvalue weighted by Gasteiger charge is -2.08. The summed E-state index contributed by atoms with van der Waals surface area (Å²) in [5.41, 5.74) is 35.7. The number of aromatic nitrogens is 8. The van der Waals surface area contributed by atoms with Crippen LogP contribution >= 0.6 is 15.9 Å². The SMILES string of the molecule is Cc1cc(C)c(O)c(/C=N/n2c(C)cc(C)c2C)c1.Cc1cc(C)c(O)c(/C=N/n2c(C)cc(C)c2C)c1.Cc1cc(C)c(O)c(/C=N/n2c(C)ccc2C)c1.Cc1cc(C)c(O)c(/C=N/n2c(C)ccc2C)c1.Cc1cc(C)n(NC(=O)[P+](=O)Nn2c(C)cc(C)c2C)c1C.Cc1ccc(C)n1NC(=O)[P+](=O)Nn1c(C)ccc1C. The van der Waals surface area contributed by atoms with E-state index in [9.17, 15) is 39.1 Å². The Balaban J connectivity index is 0.000000193. The van der Waals surface area contributed by atoms with Crippen LogP contribution in [-0.4, -0.2) is 94.0 Å². The molecule has 8 aromatic heterocycles. The third kappa shape index (κ3) is 23.0. The van der Waals surface area contributed by atoms with Gasteiger partial charge in [0.05, 0.1) is 24.9 Å². The predicted octanol–water partition coefficient (Wildman–Crippen LogP) is 20.8. The minimum absolute atomic E-state index is 0.298. The maximum Gasteiger partial charge on any atom is 0.580 e. The Labute approximate surface area is 684 Å². The molecule has 0 saturated heterocycles. The van der Waals surface area contributed by atoms with Gasteiger partial charge < -0.3 is 20.4 Å². The van der Waals surface area contributed by atoms with Crippen molar-refractivity contribution in [2.75, 3.05) is 21.2 Å². The molecule has 2 atom stereocenters. The molecule has 0 aliphatic heterocycles. The molecule has 8 heterocycles. The van der Waals surface area contributed by atoms with Crippen molar-refractivity contribution in [3.63, 3.8) is 0 Å². The number of phenolic OH excluding ortho intramolecular Hbond substituents is 4. The van der Waals surface area contributed by atoms with Gasteiger partial charge in [0.1, 0.15) is 23.0 Å². The van der Waals surface area contributed by atoms with E-state index in [4.69, 9.17) is 0 Å². The zero-order valence-corrected chi connectivity index (χ0v) is 74.3. The average molecular weight is 1610 g/mol. The number of phenols is 4. The molecule has 0 radical (unpaired) electrons. The van der Waals surface area contributed by atoms with Crippen molar-refractivity contribution in [2.24, 2.45) is 20.4 Å². The Hall–Kier alpha value is -12.3. The van der Waals surface area contributed by atoms with Gasteiger partial charge >= 0.3 is 27.2 Å². The number of rotatable bonds is 16. The second kappa shape index (κ2) is 39.7. The predicted molar refractivity (Wildman–Crippen MR) is 476 cm³/mol. The first kappa shape index (κ1) is 90.9. The molecule has 0 saturated carbocycles. The van der Waals surface area contributed by atoms with Crippen LogP contribution in [0.5, 0.6) is 23.0 Å². The molecule has 0 bridgehead atoms. The molecular formula is C90H116N16O8P2+2. The van der Waals surface area contributed by atoms with Gasteiger partial charge in [0.25, 0.3) is 0 Å². The molecule has 116 heavy (non-hydrogen) atoms. The highest BCUT2D eigenvalue weighted by Gasteiger charge is 2.33. The number of carbonyl (C=O) groups is 2. The maximum atomic E-state index is 12.3. The molecule has 0 fully saturated rings. The van der Waals surface area contributed by atoms with Gasteiger partial charge in [0.2, 0.25) is 0 Å². The van der Waals surface area contributed by atoms with Crippen molar-refractivity contribution in [1.29, 1.82) is 0 Å². The van der Waals surface area contributed by atoms with Gasteiger partial charge in [-0.2, -0.15) is 20.4 Å². The fourth-order valence-electron chi connectivity index (χ4n) is 13.1. The van der Waals surface area contributed by atoms with Gasteiger partial charge in [-0.1, -0.05) is 24.3 Å². The van der Waals surface area contributed by atoms with E-state index >= 15 is 0 Å². The lowest BCUT2D eigenvalue weighted by Crippen LogP contribution is -2.24. The van der Waals surface area contributed by atoms with E-state index in [2.05, 4.69) is 67.6 Å². The standard InChI is InChI=1S/2C16H20N2O.C15H21N4O2P.2C15H18N2O.C13H17N4O2P/c2*1-10-6-12(3)16(19)15(7-10)9-17-18-13(4)8-11(2)14(18)5;1-9-7-11(3)18(13(9)5)16-15(20)22(21)17-19-12(4)8-10(2)14(19)6;2*1-10-7-11(2)15(18)14(8-10)9-16-17-12(3)5-6-13(17)4;1-9-5-6-10(2)16(9)14-13(18)20(19)15-17-11(3)7-8-12(17)4/h2*6-9,19H,1-5H3;7-8H,1-6H3,(H-,16,17,20,21);2*5-9,18H,1-4H3;5-8H,1-4H3,(H-,14,15,18,19)/p+2/b2*17-9+;;2*16-9+;. The molecule has 2 amide bonds. The Kier molecular flexibility index (Phi) is 31.1. The number of hydrogen-bond acceptors (Lipinski definition) is 12. The summed E-state index contributed by atoms with van der Waals surface area (Å²) in [5, 5.41) is 63.3. The number of carbonyl (C=O) groups excluding carboxylic acids is 2. The average Bonchev–Trinajstić information content (AvgIpc) is 1.28. The van der Waals surface area contributed by atoms with Crippen LogP contribution < -0.4 is 21.2 Å². The van der Waals surface area contributed by atoms with Crippen LogP contribution in [0.15, 0.2) is 142 Å². The first-order valence-electron chi connectivity index (χ1n) is 38.1. The zero-order valence-electron chi connectivity index (χ0n) is 72.5. The monoisotopic (exact) mass is 1610 g/mol. The van der Waals surface area contributed by atoms with Gasteiger partial charge in [-0.3, -0.25) is 9.35 Å². The molecule has 8 N–H and O–H groups in total. The van der Waals surface area contributed by atoms with Crippen molar-refractivity contribution in [2.45, 2.75) is 194 Å². The topological polar surface area (TPSA) is 286 Å². The summed E-state index contributed by atoms with van der Waals surface area (Å²) in [6, 6.07) is 39.4. The summed E-state index contributed by atoms with van der Waals surface area (Å²) in [4.78, 5) is 24.1. The largest absolute Gasteiger partial charge is 0.580 e. The molecule has 4 aromatic carbocycles. The normalized spacial score (nSPS) is 11.4. The molecule has 12 aromatic rings. The minimum Gasteiger partial charge on any atom is -0.507 e. The maximum absolute atomic E-state index is 12.3. The van der Waals surface area contributed by atoms with Crippen LogP contribution in [0.4, 0.5) is 9.59 Å². The summed E-state index contributed by atoms with van der Waals surface area (Å²) in [6.45, 7) is 55.0. The molecule has 0 aliphatic carbocycles. The van der Waals surface area contributed by atoms with Crippen LogP contribution in [0.3, 0.4) is 0 Å². The quantitative estimate of drug-likeness (QED) is 0.0334. The van der Waals surface area contributed by atoms with Crippen LogP contribution in [0, 0.1) is 194 Å². The summed E-state index contributed by atoms with van der Waals surface area (Å²) in [5.74, 6) is 1.20. The van der Waals surface area contributed by atoms with Crippen molar-refractivity contribution in [3.8, 4) is 23.0 Å². The van der Waals surface area contributed by atoms with Gasteiger partial charge in [0.15, 0.2) is 0 Å². The number of nitrogens with one attached hydrogen (secondary N) is 4. The second-order valence-electron chi connectivity index (χ2n) is 29.9. The molecule has 0 spiro atoms. The van der Waals surface area contributed by atoms with E-state index in [0.717, 1.165) is 169 Å². The molecule has 2 unspecified atom stereocenters. The van der Waals surface area contributed by atoms with Crippen LogP contribution in [0.25, 0.3) is 0 Å². The zero-order chi connectivity index (χ0) is 86.3. The van der Waals surface area contributed by atoms with Crippen molar-refractivity contribution in [1.82, 2.24) is 37.4 Å². The minimum atomic E-state index is -2.28. The third-order valence-electron chi connectivity index (χ3n) is 20.0. The number of aryl methyl sites for hydroxylation is 24. The van der Waals surface area contributed by atoms with Gasteiger partial charge in [0, 0.05) is 113 Å². The number of nitrogens with zero attached hydrogens (tertiary/aromatic N) is 12. The highest BCUT2D eigenvalue weighted by molar-refractivity contribution is 7.65. The fourth-order valence-corrected chi connectivity index (χ4v) is 14.7. The summed E-state index contributed by atoms with van der Waals surface area (Å²) >= 11 is 0. The Morgan fingerprint density at radius 2 is 0.500 bits per heavy atom. The van der Waals surface area contributed by atoms with Gasteiger partial charge in [-0.15, -0.1) is 10.4 Å². The van der Waals surface area contributed by atoms with Crippen molar-refractivity contribution in [3.05, 3.63) is 301 Å². The van der Waals surface area contributed by atoms with Crippen molar-refractivity contribution >= 4 is 52.1 Å². The van der Waals surface area contributed by atoms with E-state index in [0.29, 0.717) is 23.0 Å². The molecule has 24 nitrogen and oxygen atoms in total. The lowest BCUT2D eigenvalue weighted by molar-refractivity contribution is 0.265. The lowest BCUT2D eigenvalue weighted by atomic mass is 10.1. The second-order valence-corrected chi connectivity index (χ2v) is 32.3. The Morgan fingerprint density at radius 1 is 0.267 bits per heavy atom. The van der Waals surface area contributed by atoms with Gasteiger partial charge in [-0.25, -0.2) is 48.5 Å². The number of amides is 2. The van der Waals surface area contributed by atoms with Crippen LogP contribution in [-0.2, 0) is 9.13 Å². The number of hydrogen-bond donors (Lipinski definition) is 8. The highest BCUT2D eigenvalue weighted by Crippen LogP contribution is 2.29. The third-order valence-corrected chi connectivity index (χ3v) is 21.7. The summed E-state index contributed by atoms with van der Waals surface area (Å²) in [6.07, 6.45) is 6.84. The van der Waals surface area contributed by atoms with E-state index < -0.39 is 27.2 Å². The van der Waals surface area contributed by atoms with Gasteiger partial charge in [-0.05, 0) is 367 Å². The smallest absolute Gasteiger partial charge is 0.507 e. The molecular weight excluding hydrogens is 1500 g/mol. The van der Waals surface area contributed by atoms with Crippen molar-refractivity contribution < 1.29 is 39.1 Å². The number of aromatic hydroxyl groups is 4. The molecule has 12 rings (SSSR count). The molecule has 612 valence electrons. The van der Waals surface area contributed by atoms with E-state index in [-0.39, 0.29) is 0 Å². The van der Waals surface area contributed by atoms with E-state index in [1.54, 1.807) is 43.6 Å². The Morgan fingerprint density at radius 3 is 0.767 bits per heavy atom. The first-order valence-corrected chi connectivity index (χ1v) is 40.6. The highest BCUT2D eigenvalue weighted by atomic mass is 31.1. The first-order chi connectivity index (χ1) is 54.4. The molecule has 0 aliphatic rings. The van der Waals surface area contributed by atoms with E-state index in [1.165, 1.54) is 11.1 Å². The summed E-state index contributed by atoms with van der Waals surface area (Å²) < 4.78 is 38.4. The van der Waals surface area contributed by atoms with Crippen LogP contribution in [0.1, 0.15) is 180 Å². The van der Waals surface area contributed by atoms with Crippen LogP contribution in [0.2, 0.25) is 0 Å². The fraction of sp³-hybridized carbons (Fsp3) is 0.311. The van der Waals surface area contributed by atoms with E-state index in [1.807, 2.05) is 308 Å². The summed E-state index contributed by atoms with van der Waals surface area (Å²) in [7, 11) is -4.55. The molecule has 26 heteroatoms.